The molecule has 1 radical (unpaired) electrons. The zero-order valence-electron chi connectivity index (χ0n) is 52.6. The van der Waals surface area contributed by atoms with Crippen LogP contribution in [0.2, 0.25) is 0 Å². The Morgan fingerprint density at radius 3 is 1.95 bits per heavy atom. The van der Waals surface area contributed by atoms with E-state index in [1.165, 1.54) is 16.7 Å². The number of carboxylic acids is 1. The Morgan fingerprint density at radius 2 is 1.36 bits per heavy atom. The summed E-state index contributed by atoms with van der Waals surface area (Å²) in [5.74, 6) is 3.39. The number of aromatic nitrogens is 8. The molecule has 0 fully saturated rings. The van der Waals surface area contributed by atoms with Crippen LogP contribution in [0.5, 0.6) is 0 Å². The molecule has 0 spiro atoms. The van der Waals surface area contributed by atoms with Gasteiger partial charge in [-0.1, -0.05) is 37.7 Å². The summed E-state index contributed by atoms with van der Waals surface area (Å²) in [5.41, 5.74) is 6.18. The van der Waals surface area contributed by atoms with Crippen molar-refractivity contribution in [1.82, 2.24) is 29.8 Å². The van der Waals surface area contributed by atoms with E-state index >= 15 is 0 Å². The van der Waals surface area contributed by atoms with E-state index in [4.69, 9.17) is 0 Å². The smallest absolute Gasteiger partial charge is 0.550 e. The monoisotopic (exact) mass is 1360 g/mol. The Morgan fingerprint density at radius 1 is 0.724 bits per heavy atom. The molecule has 463 valence electrons. The van der Waals surface area contributed by atoms with Crippen LogP contribution in [0, 0.1) is 6.92 Å². The second-order valence-corrected chi connectivity index (χ2v) is 23.0. The quantitative estimate of drug-likeness (QED) is 0.0334. The van der Waals surface area contributed by atoms with Crippen molar-refractivity contribution in [3.8, 4) is 0 Å². The molecule has 0 aromatic carbocycles. The molecule has 19 heteroatoms. The molecule has 6 aromatic heterocycles. The molecule has 5 unspecified atom stereocenters. The third-order valence-corrected chi connectivity index (χ3v) is 16.4. The Kier molecular flexibility index (Phi) is 29.5. The Balaban J connectivity index is 0.000000393. The molecule has 5 atom stereocenters. The second-order valence-electron chi connectivity index (χ2n) is 23.0. The number of hydrogen-bond donors (Lipinski definition) is 1. The van der Waals surface area contributed by atoms with Gasteiger partial charge in [0.05, 0.1) is 19.5 Å². The summed E-state index contributed by atoms with van der Waals surface area (Å²) >= 11 is 0. The molecule has 3 aliphatic rings. The van der Waals surface area contributed by atoms with Gasteiger partial charge in [-0.15, -0.1) is 0 Å². The van der Waals surface area contributed by atoms with Crippen LogP contribution in [0.1, 0.15) is 193 Å². The van der Waals surface area contributed by atoms with E-state index in [9.17, 15) is 14.7 Å². The maximum atomic E-state index is 12.5. The molecule has 1 N–H and O–H groups in total. The van der Waals surface area contributed by atoms with E-state index in [0.717, 1.165) is 151 Å². The maximum Gasteiger partial charge on any atom is 1.00 e. The molecular weight excluding hydrogens is 1270 g/mol. The Bertz CT molecular complexity index is 3220. The number of nitrogens with zero attached hydrogens (tertiary/aromatic N) is 14. The van der Waals surface area contributed by atoms with Crippen LogP contribution in [-0.4, -0.2) is 116 Å². The average Bonchev–Trinajstić information content (AvgIpc) is 3.82. The molecule has 3 aliphatic heterocycles. The topological polar surface area (TPSA) is 185 Å². The summed E-state index contributed by atoms with van der Waals surface area (Å²) in [4.78, 5) is 53.9. The number of imidazole rings is 2. The summed E-state index contributed by atoms with van der Waals surface area (Å²) in [6, 6.07) is 19.8. The van der Waals surface area contributed by atoms with Crippen LogP contribution < -0.4 is 29.1 Å². The van der Waals surface area contributed by atoms with Crippen molar-refractivity contribution < 1.29 is 61.9 Å². The molecule has 0 bridgehead atoms. The van der Waals surface area contributed by atoms with E-state index in [1.807, 2.05) is 109 Å². The first-order valence-electron chi connectivity index (χ1n) is 31.4. The van der Waals surface area contributed by atoms with Crippen molar-refractivity contribution in [2.75, 3.05) is 33.7 Å². The SMILES string of the molecule is CCCC(CC(CC(CC)c1cc[n+](CCCCCC(=O)NCCCCCC[N+]2=CC=NC2c2cccc(C)n2)cc1)c1ccncc1)c1cc[n+](CCCCCC(=O)[O-])cc1.C[N+]1=CC=NC1c1[n-]cc[n+]1C.Cn1ccnc1C1=NCC=[N+]1C.[Os+]. The van der Waals surface area contributed by atoms with Crippen LogP contribution >= 0.6 is 0 Å². The fraction of sp³-hybridized carbons (Fsp3) is 0.500. The molecule has 1 amide bonds. The standard InChI is InChI=1S/C52H72N7O3.2C8H11N4.Os/c1-4-17-47(46-26-37-58(38-27-46)33-14-9-11-21-51(61)62)41-48(44-22-29-53-30-23-44)40-43(5-2)45-24-35-57(36-25-45)32-13-8-10-20-50(60)54-28-12-6-7-15-34-59-39-31-55-52(59)49-19-16-18-42(3)56-49;2*1-11-5-3-9-7(11)8-10-4-6-12(8)2;/h16,18-19,22-27,29-31,35-39,43,47-48,52H,4-15,17,20-21,28,32-34,40-41H2,1-3H3;3,5-6H,4H2,1-2H3;3-7H,1-2H3;/q4*+1/p+1. The Labute approximate surface area is 529 Å². The van der Waals surface area contributed by atoms with E-state index < -0.39 is 5.97 Å². The van der Waals surface area contributed by atoms with Gasteiger partial charge in [0.2, 0.25) is 17.6 Å². The molecular formula is C68H95N15O3Os+5. The summed E-state index contributed by atoms with van der Waals surface area (Å²) in [6.45, 7) is 10.9. The number of pyridine rings is 4. The van der Waals surface area contributed by atoms with Gasteiger partial charge >= 0.3 is 31.8 Å². The van der Waals surface area contributed by atoms with Crippen molar-refractivity contribution in [3.05, 3.63) is 156 Å². The molecule has 18 nitrogen and oxygen atoms in total. The third kappa shape index (κ3) is 22.4. The third-order valence-electron chi connectivity index (χ3n) is 16.4. The van der Waals surface area contributed by atoms with Crippen molar-refractivity contribution >= 4 is 48.8 Å². The van der Waals surface area contributed by atoms with Crippen molar-refractivity contribution in [1.29, 1.82) is 0 Å². The minimum absolute atomic E-state index is 0. The van der Waals surface area contributed by atoms with Crippen LogP contribution in [0.15, 0.2) is 132 Å². The van der Waals surface area contributed by atoms with E-state index in [2.05, 4.69) is 141 Å². The average molecular weight is 1360 g/mol. The molecule has 0 saturated heterocycles. The second kappa shape index (κ2) is 37.3. The van der Waals surface area contributed by atoms with E-state index in [0.29, 0.717) is 30.6 Å². The Hall–Kier alpha value is -7.38. The van der Waals surface area contributed by atoms with Gasteiger partial charge in [0.1, 0.15) is 38.6 Å². The first-order chi connectivity index (χ1) is 41.9. The van der Waals surface area contributed by atoms with Crippen LogP contribution in [0.25, 0.3) is 0 Å². The van der Waals surface area contributed by atoms with Crippen molar-refractivity contribution in [2.45, 2.75) is 173 Å². The first-order valence-corrected chi connectivity index (χ1v) is 31.4. The van der Waals surface area contributed by atoms with Crippen LogP contribution in [0.3, 0.4) is 0 Å². The van der Waals surface area contributed by atoms with Crippen LogP contribution in [-0.2, 0) is 56.6 Å². The molecule has 0 saturated carbocycles. The summed E-state index contributed by atoms with van der Waals surface area (Å²) < 4.78 is 14.8. The van der Waals surface area contributed by atoms with E-state index in [1.54, 1.807) is 18.6 Å². The van der Waals surface area contributed by atoms with E-state index in [-0.39, 0.29) is 44.4 Å². The number of nitrogens with one attached hydrogen (secondary N) is 1. The predicted octanol–water partition coefficient (Wildman–Crippen LogP) is 7.57. The van der Waals surface area contributed by atoms with Gasteiger partial charge in [-0.25, -0.2) is 47.8 Å². The van der Waals surface area contributed by atoms with Crippen molar-refractivity contribution in [3.63, 3.8) is 0 Å². The molecule has 6 aromatic rings. The number of carboxylic acid groups (broad SMARTS) is 1. The minimum Gasteiger partial charge on any atom is -0.550 e. The zero-order valence-corrected chi connectivity index (χ0v) is 55.2. The van der Waals surface area contributed by atoms with Crippen molar-refractivity contribution in [2.24, 2.45) is 29.1 Å². The van der Waals surface area contributed by atoms with Gasteiger partial charge in [0, 0.05) is 119 Å². The number of carbonyl (C=O) groups is 2. The number of hydrogen-bond acceptors (Lipinski definition) is 9. The van der Waals surface area contributed by atoms with Gasteiger partial charge in [-0.3, -0.25) is 9.78 Å². The van der Waals surface area contributed by atoms with Gasteiger partial charge < -0.3 is 24.4 Å². The number of rotatable bonds is 32. The number of aryl methyl sites for hydroxylation is 5. The minimum atomic E-state index is -0.961. The maximum absolute atomic E-state index is 12.5. The molecule has 9 heterocycles. The number of amidine groups is 1. The number of carbonyl (C=O) groups excluding carboxylic acids is 2. The normalized spacial score (nSPS) is 15.9. The van der Waals surface area contributed by atoms with Gasteiger partial charge in [-0.05, 0) is 136 Å². The summed E-state index contributed by atoms with van der Waals surface area (Å²) in [5, 5.41) is 13.9. The fourth-order valence-electron chi connectivity index (χ4n) is 11.4. The van der Waals surface area contributed by atoms with Gasteiger partial charge in [0.25, 0.3) is 6.17 Å². The largest absolute Gasteiger partial charge is 1.00 e. The van der Waals surface area contributed by atoms with Gasteiger partial charge in [-0.2, -0.15) is 0 Å². The zero-order chi connectivity index (χ0) is 60.9. The molecule has 87 heavy (non-hydrogen) atoms. The molecule has 9 rings (SSSR count). The number of aliphatic carboxylic acids is 1. The van der Waals surface area contributed by atoms with Crippen LogP contribution in [0.4, 0.5) is 0 Å². The first kappa shape index (κ1) is 68.7. The number of unbranched alkanes of at least 4 members (excludes halogenated alkanes) is 7. The number of amides is 1. The fourth-order valence-corrected chi connectivity index (χ4v) is 11.4. The molecule has 0 aliphatic carbocycles. The number of aliphatic imine (C=N–C) groups is 3. The summed E-state index contributed by atoms with van der Waals surface area (Å²) in [6.07, 6.45) is 46.1. The van der Waals surface area contributed by atoms with Gasteiger partial charge in [0.15, 0.2) is 43.8 Å². The predicted molar refractivity (Wildman–Crippen MR) is 336 cm³/mol. The summed E-state index contributed by atoms with van der Waals surface area (Å²) in [7, 11) is 7.92.